The zero-order chi connectivity index (χ0) is 21.6. The maximum Gasteiger partial charge on any atom is 0.269 e. The van der Waals surface area contributed by atoms with Gasteiger partial charge in [0.1, 0.15) is 0 Å². The van der Waals surface area contributed by atoms with Gasteiger partial charge in [0.05, 0.1) is 11.5 Å². The predicted octanol–water partition coefficient (Wildman–Crippen LogP) is 5.73. The normalized spacial score (nSPS) is 10.7. The Morgan fingerprint density at radius 1 is 0.968 bits per heavy atom. The van der Waals surface area contributed by atoms with Crippen molar-refractivity contribution < 1.29 is 4.92 Å². The number of nitrogens with one attached hydrogen (secondary N) is 1. The zero-order valence-electron chi connectivity index (χ0n) is 16.3. The van der Waals surface area contributed by atoms with Crippen molar-refractivity contribution in [2.24, 2.45) is 0 Å². The average Bonchev–Trinajstić information content (AvgIpc) is 3.21. The standard InChI is InChI=1S/C22H18ClN5O2S/c23-17-8-10-18(11-9-17)24-14-21-25-26-22(27(21)19-4-2-1-3-5-19)31-15-16-6-12-20(13-7-16)28(29)30/h1-13,24H,14-15H2. The van der Waals surface area contributed by atoms with Gasteiger partial charge in [0.25, 0.3) is 5.69 Å². The van der Waals surface area contributed by atoms with Gasteiger partial charge in [0, 0.05) is 34.3 Å². The van der Waals surface area contributed by atoms with Gasteiger partial charge in [-0.25, -0.2) is 0 Å². The number of nitro benzene ring substituents is 1. The van der Waals surface area contributed by atoms with Crippen LogP contribution in [0.25, 0.3) is 5.69 Å². The predicted molar refractivity (Wildman–Crippen MR) is 123 cm³/mol. The summed E-state index contributed by atoms with van der Waals surface area (Å²) < 4.78 is 2.01. The average molecular weight is 452 g/mol. The lowest BCUT2D eigenvalue weighted by molar-refractivity contribution is -0.384. The number of anilines is 1. The largest absolute Gasteiger partial charge is 0.378 e. The van der Waals surface area contributed by atoms with E-state index in [0.29, 0.717) is 17.3 Å². The molecule has 0 aliphatic heterocycles. The van der Waals surface area contributed by atoms with Crippen molar-refractivity contribution in [3.8, 4) is 5.69 Å². The first kappa shape index (κ1) is 20.9. The summed E-state index contributed by atoms with van der Waals surface area (Å²) in [5, 5.41) is 24.4. The smallest absolute Gasteiger partial charge is 0.269 e. The van der Waals surface area contributed by atoms with Crippen molar-refractivity contribution in [2.75, 3.05) is 5.32 Å². The number of hydrogen-bond acceptors (Lipinski definition) is 6. The number of hydrogen-bond donors (Lipinski definition) is 1. The third kappa shape index (κ3) is 5.22. The van der Waals surface area contributed by atoms with Gasteiger partial charge in [-0.3, -0.25) is 14.7 Å². The molecule has 7 nitrogen and oxygen atoms in total. The summed E-state index contributed by atoms with van der Waals surface area (Å²) in [5.41, 5.74) is 2.95. The Kier molecular flexibility index (Phi) is 6.49. The zero-order valence-corrected chi connectivity index (χ0v) is 17.9. The summed E-state index contributed by atoms with van der Waals surface area (Å²) in [6, 6.07) is 23.9. The number of aromatic nitrogens is 3. The van der Waals surface area contributed by atoms with E-state index >= 15 is 0 Å². The molecular formula is C22H18ClN5O2S. The molecule has 1 heterocycles. The lowest BCUT2D eigenvalue weighted by atomic mass is 10.2. The molecular weight excluding hydrogens is 434 g/mol. The summed E-state index contributed by atoms with van der Waals surface area (Å²) in [7, 11) is 0. The van der Waals surface area contributed by atoms with Crippen LogP contribution < -0.4 is 5.32 Å². The Hall–Kier alpha value is -3.36. The van der Waals surface area contributed by atoms with Crippen molar-refractivity contribution in [3.05, 3.63) is 105 Å². The summed E-state index contributed by atoms with van der Waals surface area (Å²) >= 11 is 7.48. The molecule has 0 fully saturated rings. The van der Waals surface area contributed by atoms with Crippen molar-refractivity contribution in [1.29, 1.82) is 0 Å². The van der Waals surface area contributed by atoms with E-state index < -0.39 is 4.92 Å². The third-order valence-electron chi connectivity index (χ3n) is 4.52. The van der Waals surface area contributed by atoms with Crippen molar-refractivity contribution in [3.63, 3.8) is 0 Å². The van der Waals surface area contributed by atoms with E-state index in [1.165, 1.54) is 23.9 Å². The minimum atomic E-state index is -0.400. The van der Waals surface area contributed by atoms with Crippen LogP contribution in [0.2, 0.25) is 5.02 Å². The summed E-state index contributed by atoms with van der Waals surface area (Å²) in [6.45, 7) is 0.488. The summed E-state index contributed by atoms with van der Waals surface area (Å²) in [5.74, 6) is 1.39. The van der Waals surface area contributed by atoms with Crippen LogP contribution in [-0.2, 0) is 12.3 Å². The van der Waals surface area contributed by atoms with Crippen LogP contribution >= 0.6 is 23.4 Å². The third-order valence-corrected chi connectivity index (χ3v) is 5.78. The molecule has 31 heavy (non-hydrogen) atoms. The van der Waals surface area contributed by atoms with Gasteiger partial charge in [-0.1, -0.05) is 53.7 Å². The molecule has 4 rings (SSSR count). The number of para-hydroxylation sites is 1. The second-order valence-electron chi connectivity index (χ2n) is 6.64. The molecule has 9 heteroatoms. The lowest BCUT2D eigenvalue weighted by Gasteiger charge is -2.11. The molecule has 0 unspecified atom stereocenters. The van der Waals surface area contributed by atoms with Crippen LogP contribution in [0.3, 0.4) is 0 Å². The second kappa shape index (κ2) is 9.63. The molecule has 0 spiro atoms. The minimum Gasteiger partial charge on any atom is -0.378 e. The molecule has 3 aromatic carbocycles. The fraction of sp³-hybridized carbons (Fsp3) is 0.0909. The van der Waals surface area contributed by atoms with E-state index in [4.69, 9.17) is 11.6 Å². The molecule has 0 amide bonds. The topological polar surface area (TPSA) is 85.9 Å². The quantitative estimate of drug-likeness (QED) is 0.209. The van der Waals surface area contributed by atoms with Gasteiger partial charge in [0.2, 0.25) is 0 Å². The number of benzene rings is 3. The van der Waals surface area contributed by atoms with Gasteiger partial charge >= 0.3 is 0 Å². The molecule has 0 atom stereocenters. The highest BCUT2D eigenvalue weighted by molar-refractivity contribution is 7.98. The molecule has 0 aliphatic rings. The molecule has 0 bridgehead atoms. The van der Waals surface area contributed by atoms with E-state index in [1.54, 1.807) is 12.1 Å². The second-order valence-corrected chi connectivity index (χ2v) is 8.02. The van der Waals surface area contributed by atoms with E-state index in [0.717, 1.165) is 27.9 Å². The number of nitrogens with zero attached hydrogens (tertiary/aromatic N) is 4. The van der Waals surface area contributed by atoms with E-state index in [9.17, 15) is 10.1 Å². The molecule has 156 valence electrons. The number of rotatable bonds is 8. The molecule has 0 radical (unpaired) electrons. The van der Waals surface area contributed by atoms with E-state index in [1.807, 2.05) is 59.2 Å². The van der Waals surface area contributed by atoms with Gasteiger partial charge in [-0.2, -0.15) is 0 Å². The van der Waals surface area contributed by atoms with Crippen LogP contribution in [0.5, 0.6) is 0 Å². The number of non-ortho nitro benzene ring substituents is 1. The van der Waals surface area contributed by atoms with Crippen molar-refractivity contribution in [2.45, 2.75) is 17.5 Å². The van der Waals surface area contributed by atoms with Gasteiger partial charge < -0.3 is 5.32 Å². The molecule has 0 saturated heterocycles. The van der Waals surface area contributed by atoms with Crippen LogP contribution in [0, 0.1) is 10.1 Å². The van der Waals surface area contributed by atoms with Gasteiger partial charge in [0.15, 0.2) is 11.0 Å². The Balaban J connectivity index is 1.54. The summed E-state index contributed by atoms with van der Waals surface area (Å²) in [6.07, 6.45) is 0. The van der Waals surface area contributed by atoms with Crippen molar-refractivity contribution >= 4 is 34.7 Å². The van der Waals surface area contributed by atoms with E-state index in [-0.39, 0.29) is 5.69 Å². The number of halogens is 1. The Bertz CT molecular complexity index is 1160. The highest BCUT2D eigenvalue weighted by atomic mass is 35.5. The molecule has 4 aromatic rings. The van der Waals surface area contributed by atoms with Gasteiger partial charge in [-0.15, -0.1) is 10.2 Å². The van der Waals surface area contributed by atoms with Crippen LogP contribution in [-0.4, -0.2) is 19.7 Å². The lowest BCUT2D eigenvalue weighted by Crippen LogP contribution is -2.08. The first-order chi connectivity index (χ1) is 15.1. The monoisotopic (exact) mass is 451 g/mol. The first-order valence-corrected chi connectivity index (χ1v) is 10.8. The molecule has 1 N–H and O–H groups in total. The first-order valence-electron chi connectivity index (χ1n) is 9.45. The fourth-order valence-corrected chi connectivity index (χ4v) is 4.01. The minimum absolute atomic E-state index is 0.0803. The summed E-state index contributed by atoms with van der Waals surface area (Å²) in [4.78, 5) is 10.4. The van der Waals surface area contributed by atoms with Crippen LogP contribution in [0.4, 0.5) is 11.4 Å². The fourth-order valence-electron chi connectivity index (χ4n) is 2.96. The molecule has 0 saturated carbocycles. The highest BCUT2D eigenvalue weighted by Gasteiger charge is 2.15. The van der Waals surface area contributed by atoms with Crippen LogP contribution in [0.15, 0.2) is 84.0 Å². The molecule has 0 aliphatic carbocycles. The molecule has 1 aromatic heterocycles. The maximum absolute atomic E-state index is 10.8. The Morgan fingerprint density at radius 2 is 1.68 bits per heavy atom. The van der Waals surface area contributed by atoms with Gasteiger partial charge in [-0.05, 0) is 42.0 Å². The number of thioether (sulfide) groups is 1. The van der Waals surface area contributed by atoms with Crippen LogP contribution in [0.1, 0.15) is 11.4 Å². The maximum atomic E-state index is 10.8. The Morgan fingerprint density at radius 3 is 2.35 bits per heavy atom. The SMILES string of the molecule is O=[N+]([O-])c1ccc(CSc2nnc(CNc3ccc(Cl)cc3)n2-c2ccccc2)cc1. The van der Waals surface area contributed by atoms with Crippen molar-refractivity contribution in [1.82, 2.24) is 14.8 Å². The Labute approximate surface area is 188 Å². The van der Waals surface area contributed by atoms with E-state index in [2.05, 4.69) is 15.5 Å². The number of nitro groups is 1. The highest BCUT2D eigenvalue weighted by Crippen LogP contribution is 2.26.